The van der Waals surface area contributed by atoms with Gasteiger partial charge in [-0.15, -0.1) is 10.2 Å². The number of hydrogen-bond donors (Lipinski definition) is 1. The molecule has 0 radical (unpaired) electrons. The Balaban J connectivity index is 1.48. The van der Waals surface area contributed by atoms with Gasteiger partial charge in [-0.3, -0.25) is 4.79 Å². The second-order valence-corrected chi connectivity index (χ2v) is 7.77. The van der Waals surface area contributed by atoms with Gasteiger partial charge < -0.3 is 9.88 Å². The minimum Gasteiger partial charge on any atom is -0.353 e. The van der Waals surface area contributed by atoms with Gasteiger partial charge in [0.1, 0.15) is 5.82 Å². The fraction of sp³-hybridized carbons (Fsp3) is 0.476. The van der Waals surface area contributed by atoms with Crippen LogP contribution in [0.1, 0.15) is 55.1 Å². The first-order valence-corrected chi connectivity index (χ1v) is 10.9. The molecule has 2 aromatic rings. The largest absolute Gasteiger partial charge is 0.353 e. The molecule has 0 spiro atoms. The van der Waals surface area contributed by atoms with E-state index < -0.39 is 0 Å². The Hall–Kier alpha value is -2.08. The first kappa shape index (κ1) is 19.7. The molecule has 6 heteroatoms. The fourth-order valence-electron chi connectivity index (χ4n) is 3.60. The summed E-state index contributed by atoms with van der Waals surface area (Å²) in [7, 11) is 0. The van der Waals surface area contributed by atoms with Gasteiger partial charge >= 0.3 is 0 Å². The summed E-state index contributed by atoms with van der Waals surface area (Å²) in [6, 6.07) is 8.58. The highest BCUT2D eigenvalue weighted by atomic mass is 32.2. The maximum atomic E-state index is 12.0. The second-order valence-electron chi connectivity index (χ2n) is 7.00. The maximum absolute atomic E-state index is 12.0. The van der Waals surface area contributed by atoms with Gasteiger partial charge in [-0.25, -0.2) is 0 Å². The third-order valence-corrected chi connectivity index (χ3v) is 5.73. The van der Waals surface area contributed by atoms with E-state index in [0.717, 1.165) is 34.9 Å². The topological polar surface area (TPSA) is 59.8 Å². The van der Waals surface area contributed by atoms with E-state index in [2.05, 4.69) is 26.3 Å². The summed E-state index contributed by atoms with van der Waals surface area (Å²) in [5.74, 6) is 0.997. The van der Waals surface area contributed by atoms with Gasteiger partial charge in [-0.05, 0) is 49.6 Å². The van der Waals surface area contributed by atoms with Crippen LogP contribution in [0.4, 0.5) is 0 Å². The zero-order chi connectivity index (χ0) is 19.1. The van der Waals surface area contributed by atoms with Crippen LogP contribution in [0, 0.1) is 6.92 Å². The van der Waals surface area contributed by atoms with Crippen LogP contribution in [-0.4, -0.2) is 33.5 Å². The van der Waals surface area contributed by atoms with Crippen molar-refractivity contribution in [2.75, 3.05) is 12.8 Å². The number of amides is 1. The Bertz CT molecular complexity index is 793. The van der Waals surface area contributed by atoms with Gasteiger partial charge in [0.15, 0.2) is 5.16 Å². The molecular weight excluding hydrogens is 356 g/mol. The molecule has 0 aliphatic heterocycles. The molecule has 0 atom stereocenters. The van der Waals surface area contributed by atoms with Crippen LogP contribution in [0.15, 0.2) is 35.5 Å². The molecule has 27 heavy (non-hydrogen) atoms. The van der Waals surface area contributed by atoms with E-state index >= 15 is 0 Å². The summed E-state index contributed by atoms with van der Waals surface area (Å²) in [5, 5.41) is 12.7. The fourth-order valence-corrected chi connectivity index (χ4v) is 4.18. The molecule has 1 aliphatic rings. The molecule has 1 fully saturated rings. The van der Waals surface area contributed by atoms with E-state index in [1.54, 1.807) is 17.8 Å². The lowest BCUT2D eigenvalue weighted by Crippen LogP contribution is -2.23. The summed E-state index contributed by atoms with van der Waals surface area (Å²) in [5.41, 5.74) is 2.24. The average molecular weight is 385 g/mol. The number of carbonyl (C=O) groups excluding carboxylic acids is 1. The Morgan fingerprint density at radius 3 is 2.81 bits per heavy atom. The van der Waals surface area contributed by atoms with Gasteiger partial charge in [0.2, 0.25) is 5.91 Å². The Labute approximate surface area is 165 Å². The molecule has 1 amide bonds. The van der Waals surface area contributed by atoms with E-state index in [9.17, 15) is 4.79 Å². The molecule has 0 unspecified atom stereocenters. The molecule has 1 aliphatic carbocycles. The van der Waals surface area contributed by atoms with Crippen LogP contribution in [-0.2, 0) is 11.2 Å². The van der Waals surface area contributed by atoms with Crippen LogP contribution >= 0.6 is 11.8 Å². The highest BCUT2D eigenvalue weighted by Crippen LogP contribution is 2.33. The van der Waals surface area contributed by atoms with Gasteiger partial charge in [0.25, 0.3) is 0 Å². The third kappa shape index (κ3) is 5.22. The number of rotatable bonds is 8. The van der Waals surface area contributed by atoms with Crippen molar-refractivity contribution in [3.63, 3.8) is 0 Å². The minimum absolute atomic E-state index is 0.0553. The molecule has 0 bridgehead atoms. The molecule has 5 nitrogen and oxygen atoms in total. The van der Waals surface area contributed by atoms with E-state index in [1.165, 1.54) is 25.7 Å². The van der Waals surface area contributed by atoms with Crippen molar-refractivity contribution in [1.82, 2.24) is 20.1 Å². The highest BCUT2D eigenvalue weighted by Gasteiger charge is 2.23. The SMILES string of the molecule is CSc1nnc(CCCNC(=O)/C=C/c2ccccc2C)n1C1CCCC1. The van der Waals surface area contributed by atoms with Crippen LogP contribution in [0.3, 0.4) is 0 Å². The summed E-state index contributed by atoms with van der Waals surface area (Å²) in [6.45, 7) is 2.68. The number of benzene rings is 1. The lowest BCUT2D eigenvalue weighted by Gasteiger charge is -2.16. The van der Waals surface area contributed by atoms with Crippen molar-refractivity contribution < 1.29 is 4.79 Å². The minimum atomic E-state index is -0.0553. The summed E-state index contributed by atoms with van der Waals surface area (Å²) in [6.07, 6.45) is 12.3. The van der Waals surface area contributed by atoms with E-state index in [4.69, 9.17) is 0 Å². The van der Waals surface area contributed by atoms with E-state index in [-0.39, 0.29) is 5.91 Å². The van der Waals surface area contributed by atoms with Crippen molar-refractivity contribution >= 4 is 23.7 Å². The number of nitrogens with one attached hydrogen (secondary N) is 1. The standard InChI is InChI=1S/C21H28N4OS/c1-16-8-3-4-9-17(16)13-14-20(26)22-15-7-12-19-23-24-21(27-2)25(19)18-10-5-6-11-18/h3-4,8-9,13-14,18H,5-7,10-12,15H2,1-2H3,(H,22,26)/b14-13+. The average Bonchev–Trinajstić information content (AvgIpc) is 3.33. The highest BCUT2D eigenvalue weighted by molar-refractivity contribution is 7.98. The zero-order valence-corrected chi connectivity index (χ0v) is 17.0. The Morgan fingerprint density at radius 1 is 1.30 bits per heavy atom. The Kier molecular flexibility index (Phi) is 7.10. The van der Waals surface area contributed by atoms with Crippen LogP contribution in [0.25, 0.3) is 6.08 Å². The number of thioether (sulfide) groups is 1. The van der Waals surface area contributed by atoms with Crippen molar-refractivity contribution in [2.45, 2.75) is 56.6 Å². The van der Waals surface area contributed by atoms with E-state index in [1.807, 2.05) is 37.3 Å². The Morgan fingerprint density at radius 2 is 2.07 bits per heavy atom. The first-order chi connectivity index (χ1) is 13.2. The number of nitrogens with zero attached hydrogens (tertiary/aromatic N) is 3. The summed E-state index contributed by atoms with van der Waals surface area (Å²) in [4.78, 5) is 12.0. The molecule has 1 saturated carbocycles. The normalized spacial score (nSPS) is 14.9. The summed E-state index contributed by atoms with van der Waals surface area (Å²) >= 11 is 1.66. The van der Waals surface area contributed by atoms with Crippen molar-refractivity contribution in [3.8, 4) is 0 Å². The van der Waals surface area contributed by atoms with Crippen LogP contribution < -0.4 is 5.32 Å². The predicted octanol–water partition coefficient (Wildman–Crippen LogP) is 4.19. The van der Waals surface area contributed by atoms with Gasteiger partial charge in [-0.1, -0.05) is 48.9 Å². The van der Waals surface area contributed by atoms with Gasteiger partial charge in [0.05, 0.1) is 0 Å². The number of carbonyl (C=O) groups is 1. The first-order valence-electron chi connectivity index (χ1n) is 9.68. The lowest BCUT2D eigenvalue weighted by molar-refractivity contribution is -0.116. The van der Waals surface area contributed by atoms with Crippen molar-refractivity contribution in [3.05, 3.63) is 47.3 Å². The molecule has 3 rings (SSSR count). The molecule has 1 aromatic heterocycles. The van der Waals surface area contributed by atoms with Gasteiger partial charge in [-0.2, -0.15) is 0 Å². The zero-order valence-electron chi connectivity index (χ0n) is 16.1. The van der Waals surface area contributed by atoms with Crippen molar-refractivity contribution in [2.24, 2.45) is 0 Å². The van der Waals surface area contributed by atoms with Crippen molar-refractivity contribution in [1.29, 1.82) is 0 Å². The third-order valence-electron chi connectivity index (χ3n) is 5.09. The smallest absolute Gasteiger partial charge is 0.243 e. The molecule has 0 saturated heterocycles. The lowest BCUT2D eigenvalue weighted by atomic mass is 10.1. The quantitative estimate of drug-likeness (QED) is 0.421. The maximum Gasteiger partial charge on any atom is 0.243 e. The van der Waals surface area contributed by atoms with E-state index in [0.29, 0.717) is 12.6 Å². The molecule has 1 N–H and O–H groups in total. The molecule has 1 aromatic carbocycles. The van der Waals surface area contributed by atoms with Crippen LogP contribution in [0.2, 0.25) is 0 Å². The number of aromatic nitrogens is 3. The monoisotopic (exact) mass is 384 g/mol. The molecule has 144 valence electrons. The second kappa shape index (κ2) is 9.74. The molecule has 1 heterocycles. The number of hydrogen-bond acceptors (Lipinski definition) is 4. The molecular formula is C21H28N4OS. The van der Waals surface area contributed by atoms with Crippen LogP contribution in [0.5, 0.6) is 0 Å². The predicted molar refractivity (Wildman–Crippen MR) is 111 cm³/mol. The summed E-state index contributed by atoms with van der Waals surface area (Å²) < 4.78 is 2.33. The van der Waals surface area contributed by atoms with Gasteiger partial charge in [0, 0.05) is 25.1 Å². The number of aryl methyl sites for hydroxylation is 2.